The third kappa shape index (κ3) is 3.67. The van der Waals surface area contributed by atoms with E-state index >= 15 is 0 Å². The van der Waals surface area contributed by atoms with Crippen LogP contribution >= 0.6 is 7.60 Å². The van der Waals surface area contributed by atoms with Crippen molar-refractivity contribution in [3.8, 4) is 0 Å². The number of carbonyl (C=O) groups excluding carboxylic acids is 1. The van der Waals surface area contributed by atoms with Crippen LogP contribution in [-0.2, 0) is 18.4 Å². The standard InChI is InChI=1S/C12H17O5P/c1-4-16-18(14,17-5-2)12(9-10(3)13)11-7-6-8-15-11/h6-9H,4-5H2,1-3H3. The highest BCUT2D eigenvalue weighted by atomic mass is 31.2. The summed E-state index contributed by atoms with van der Waals surface area (Å²) in [6, 6.07) is 3.25. The quantitative estimate of drug-likeness (QED) is 0.561. The van der Waals surface area contributed by atoms with E-state index in [0.29, 0.717) is 5.76 Å². The highest BCUT2D eigenvalue weighted by molar-refractivity contribution is 7.65. The Labute approximate surface area is 106 Å². The summed E-state index contributed by atoms with van der Waals surface area (Å²) in [4.78, 5) is 11.3. The van der Waals surface area contributed by atoms with Crippen LogP contribution < -0.4 is 0 Å². The molecule has 100 valence electrons. The van der Waals surface area contributed by atoms with Crippen molar-refractivity contribution in [1.82, 2.24) is 0 Å². The number of carbonyl (C=O) groups is 1. The second kappa shape index (κ2) is 6.69. The maximum atomic E-state index is 12.6. The van der Waals surface area contributed by atoms with Crippen molar-refractivity contribution < 1.29 is 22.8 Å². The number of hydrogen-bond donors (Lipinski definition) is 0. The van der Waals surface area contributed by atoms with E-state index in [2.05, 4.69) is 0 Å². The zero-order chi connectivity index (χ0) is 13.6. The topological polar surface area (TPSA) is 65.7 Å². The van der Waals surface area contributed by atoms with Crippen LogP contribution in [0.2, 0.25) is 0 Å². The molecule has 18 heavy (non-hydrogen) atoms. The average molecular weight is 272 g/mol. The summed E-state index contributed by atoms with van der Waals surface area (Å²) in [6.45, 7) is 5.21. The zero-order valence-corrected chi connectivity index (χ0v) is 11.6. The molecule has 5 nitrogen and oxygen atoms in total. The van der Waals surface area contributed by atoms with Crippen LogP contribution in [0.25, 0.3) is 5.31 Å². The lowest BCUT2D eigenvalue weighted by molar-refractivity contribution is -0.112. The number of hydrogen-bond acceptors (Lipinski definition) is 5. The number of rotatable bonds is 7. The molecule has 0 bridgehead atoms. The van der Waals surface area contributed by atoms with Crippen molar-refractivity contribution >= 4 is 18.7 Å². The van der Waals surface area contributed by atoms with Crippen molar-refractivity contribution in [2.75, 3.05) is 13.2 Å². The Kier molecular flexibility index (Phi) is 5.54. The van der Waals surface area contributed by atoms with Gasteiger partial charge in [-0.1, -0.05) is 0 Å². The normalized spacial score (nSPS) is 12.7. The molecule has 6 heteroatoms. The molecule has 0 aliphatic carbocycles. The fourth-order valence-corrected chi connectivity index (χ4v) is 3.19. The molecule has 0 fully saturated rings. The van der Waals surface area contributed by atoms with Crippen LogP contribution in [0.5, 0.6) is 0 Å². The summed E-state index contributed by atoms with van der Waals surface area (Å²) in [6.07, 6.45) is 2.66. The van der Waals surface area contributed by atoms with Gasteiger partial charge in [0.15, 0.2) is 5.78 Å². The van der Waals surface area contributed by atoms with Gasteiger partial charge in [0.25, 0.3) is 0 Å². The smallest absolute Gasteiger partial charge is 0.365 e. The SMILES string of the molecule is CCOP(=O)(OCC)C(=CC(C)=O)c1ccco1. The molecule has 0 unspecified atom stereocenters. The van der Waals surface area contributed by atoms with Gasteiger partial charge in [0, 0.05) is 0 Å². The Bertz CT molecular complexity index is 451. The van der Waals surface area contributed by atoms with Crippen molar-refractivity contribution in [3.05, 3.63) is 30.2 Å². The Morgan fingerprint density at radius 2 is 2.00 bits per heavy atom. The zero-order valence-electron chi connectivity index (χ0n) is 10.7. The number of furan rings is 1. The molecule has 0 saturated heterocycles. The molecule has 0 aliphatic rings. The van der Waals surface area contributed by atoms with E-state index in [4.69, 9.17) is 13.5 Å². The summed E-state index contributed by atoms with van der Waals surface area (Å²) in [7, 11) is -3.53. The van der Waals surface area contributed by atoms with Crippen molar-refractivity contribution in [2.45, 2.75) is 20.8 Å². The van der Waals surface area contributed by atoms with Gasteiger partial charge in [-0.15, -0.1) is 0 Å². The lowest BCUT2D eigenvalue weighted by atomic mass is 10.3. The molecule has 0 amide bonds. The van der Waals surface area contributed by atoms with Gasteiger partial charge in [0.05, 0.1) is 19.5 Å². The molecule has 0 aromatic carbocycles. The molecule has 1 heterocycles. The van der Waals surface area contributed by atoms with Gasteiger partial charge < -0.3 is 13.5 Å². The lowest BCUT2D eigenvalue weighted by Crippen LogP contribution is -2.00. The van der Waals surface area contributed by atoms with Crippen molar-refractivity contribution in [1.29, 1.82) is 0 Å². The van der Waals surface area contributed by atoms with Gasteiger partial charge in [0.2, 0.25) is 0 Å². The van der Waals surface area contributed by atoms with Crippen LogP contribution in [0.15, 0.2) is 28.9 Å². The molecule has 1 aromatic rings. The third-order valence-electron chi connectivity index (χ3n) is 2.01. The van der Waals surface area contributed by atoms with E-state index in [-0.39, 0.29) is 24.3 Å². The Morgan fingerprint density at radius 1 is 1.39 bits per heavy atom. The summed E-state index contributed by atoms with van der Waals surface area (Å²) in [5.74, 6) is 0.0662. The van der Waals surface area contributed by atoms with Crippen LogP contribution in [0.4, 0.5) is 0 Å². The molecule has 0 aliphatic heterocycles. The largest absolute Gasteiger partial charge is 0.464 e. The van der Waals surface area contributed by atoms with E-state index in [1.165, 1.54) is 19.3 Å². The highest BCUT2D eigenvalue weighted by Crippen LogP contribution is 2.60. The number of ketones is 1. The predicted molar refractivity (Wildman–Crippen MR) is 68.2 cm³/mol. The fraction of sp³-hybridized carbons (Fsp3) is 0.417. The van der Waals surface area contributed by atoms with Crippen LogP contribution in [0, 0.1) is 0 Å². The molecule has 1 rings (SSSR count). The maximum absolute atomic E-state index is 12.6. The number of allylic oxidation sites excluding steroid dienone is 1. The van der Waals surface area contributed by atoms with Crippen molar-refractivity contribution in [2.24, 2.45) is 0 Å². The fourth-order valence-electron chi connectivity index (χ4n) is 1.42. The molecular formula is C12H17O5P. The van der Waals surface area contributed by atoms with Gasteiger partial charge in [-0.2, -0.15) is 0 Å². The Hall–Kier alpha value is -1.16. The van der Waals surface area contributed by atoms with E-state index in [1.54, 1.807) is 26.0 Å². The summed E-state index contributed by atoms with van der Waals surface area (Å²) < 4.78 is 28.2. The molecule has 0 atom stereocenters. The van der Waals surface area contributed by atoms with E-state index in [9.17, 15) is 9.36 Å². The second-order valence-corrected chi connectivity index (χ2v) is 5.44. The van der Waals surface area contributed by atoms with Gasteiger partial charge in [-0.3, -0.25) is 9.36 Å². The minimum atomic E-state index is -3.53. The first kappa shape index (κ1) is 14.9. The van der Waals surface area contributed by atoms with Crippen molar-refractivity contribution in [3.63, 3.8) is 0 Å². The summed E-state index contributed by atoms with van der Waals surface area (Å²) in [5.41, 5.74) is 0. The lowest BCUT2D eigenvalue weighted by Gasteiger charge is -2.18. The molecule has 0 N–H and O–H groups in total. The monoisotopic (exact) mass is 272 g/mol. The molecule has 0 saturated carbocycles. The van der Waals surface area contributed by atoms with E-state index in [0.717, 1.165) is 0 Å². The second-order valence-electron chi connectivity index (χ2n) is 3.45. The minimum Gasteiger partial charge on any atom is -0.464 e. The summed E-state index contributed by atoms with van der Waals surface area (Å²) >= 11 is 0. The molecular weight excluding hydrogens is 255 g/mol. The Balaban J connectivity index is 3.24. The third-order valence-corrected chi connectivity index (χ3v) is 4.14. The van der Waals surface area contributed by atoms with Crippen LogP contribution in [0.1, 0.15) is 26.5 Å². The van der Waals surface area contributed by atoms with Gasteiger partial charge in [-0.25, -0.2) is 0 Å². The van der Waals surface area contributed by atoms with Gasteiger partial charge in [0.1, 0.15) is 11.1 Å². The molecule has 0 spiro atoms. The Morgan fingerprint density at radius 3 is 2.39 bits per heavy atom. The first-order valence-corrected chi connectivity index (χ1v) is 7.23. The first-order chi connectivity index (χ1) is 8.53. The van der Waals surface area contributed by atoms with Gasteiger partial charge in [-0.05, 0) is 39.0 Å². The predicted octanol–water partition coefficient (Wildman–Crippen LogP) is 3.48. The van der Waals surface area contributed by atoms with E-state index < -0.39 is 7.60 Å². The molecule has 0 radical (unpaired) electrons. The first-order valence-electron chi connectivity index (χ1n) is 5.69. The van der Waals surface area contributed by atoms with Crippen LogP contribution in [-0.4, -0.2) is 19.0 Å². The average Bonchev–Trinajstić information content (AvgIpc) is 2.79. The minimum absolute atomic E-state index is 0.156. The summed E-state index contributed by atoms with van der Waals surface area (Å²) in [5, 5.41) is 0.156. The van der Waals surface area contributed by atoms with Crippen LogP contribution in [0.3, 0.4) is 0 Å². The maximum Gasteiger partial charge on any atom is 0.365 e. The van der Waals surface area contributed by atoms with E-state index in [1.807, 2.05) is 0 Å². The highest BCUT2D eigenvalue weighted by Gasteiger charge is 2.32. The van der Waals surface area contributed by atoms with Gasteiger partial charge >= 0.3 is 7.60 Å². The molecule has 1 aromatic heterocycles.